The summed E-state index contributed by atoms with van der Waals surface area (Å²) in [6.07, 6.45) is 0.970. The molecule has 0 aromatic heterocycles. The van der Waals surface area contributed by atoms with Crippen molar-refractivity contribution in [3.8, 4) is 0 Å². The van der Waals surface area contributed by atoms with Crippen molar-refractivity contribution >= 4 is 0 Å². The second-order valence-electron chi connectivity index (χ2n) is 4.76. The summed E-state index contributed by atoms with van der Waals surface area (Å²) in [6, 6.07) is 6.58. The quantitative estimate of drug-likeness (QED) is 0.829. The highest BCUT2D eigenvalue weighted by molar-refractivity contribution is 5.32. The first-order valence-electron chi connectivity index (χ1n) is 5.86. The monoisotopic (exact) mass is 221 g/mol. The zero-order valence-corrected chi connectivity index (χ0v) is 10.8. The molecule has 0 saturated heterocycles. The van der Waals surface area contributed by atoms with Crippen LogP contribution in [-0.4, -0.2) is 13.7 Å². The smallest absolute Gasteiger partial charge is 0.0488 e. The van der Waals surface area contributed by atoms with E-state index >= 15 is 0 Å². The van der Waals surface area contributed by atoms with E-state index in [2.05, 4.69) is 39.0 Å². The molecule has 2 heteroatoms. The maximum absolute atomic E-state index is 6.22. The van der Waals surface area contributed by atoms with Crippen LogP contribution in [-0.2, 0) is 4.74 Å². The fourth-order valence-corrected chi connectivity index (χ4v) is 2.15. The van der Waals surface area contributed by atoms with Crippen LogP contribution in [0.15, 0.2) is 18.2 Å². The lowest BCUT2D eigenvalue weighted by Crippen LogP contribution is -2.17. The van der Waals surface area contributed by atoms with Crippen molar-refractivity contribution in [2.24, 2.45) is 11.7 Å². The predicted octanol–water partition coefficient (Wildman–Crippen LogP) is 2.98. The first-order chi connectivity index (χ1) is 7.54. The highest BCUT2D eigenvalue weighted by Crippen LogP contribution is 2.22. The minimum Gasteiger partial charge on any atom is -0.384 e. The summed E-state index contributed by atoms with van der Waals surface area (Å²) in [5.41, 5.74) is 10.1. The molecule has 0 bridgehead atoms. The molecular weight excluding hydrogens is 198 g/mol. The van der Waals surface area contributed by atoms with Gasteiger partial charge in [0.2, 0.25) is 0 Å². The third-order valence-corrected chi connectivity index (χ3v) is 2.93. The van der Waals surface area contributed by atoms with Gasteiger partial charge in [0.25, 0.3) is 0 Å². The molecule has 1 aromatic carbocycles. The van der Waals surface area contributed by atoms with Crippen LogP contribution in [0.25, 0.3) is 0 Å². The Labute approximate surface area is 98.8 Å². The summed E-state index contributed by atoms with van der Waals surface area (Å²) >= 11 is 0. The third-order valence-electron chi connectivity index (χ3n) is 2.93. The summed E-state index contributed by atoms with van der Waals surface area (Å²) in [7, 11) is 1.74. The van der Waals surface area contributed by atoms with Gasteiger partial charge in [0, 0.05) is 19.8 Å². The summed E-state index contributed by atoms with van der Waals surface area (Å²) in [5, 5.41) is 0. The van der Waals surface area contributed by atoms with Crippen LogP contribution in [0.5, 0.6) is 0 Å². The van der Waals surface area contributed by atoms with Crippen LogP contribution >= 0.6 is 0 Å². The lowest BCUT2D eigenvalue weighted by atomic mass is 9.93. The predicted molar refractivity (Wildman–Crippen MR) is 68.5 cm³/mol. The summed E-state index contributed by atoms with van der Waals surface area (Å²) in [5.74, 6) is 0.501. The molecule has 2 nitrogen and oxygen atoms in total. The number of hydrogen-bond acceptors (Lipinski definition) is 2. The number of aryl methyl sites for hydroxylation is 2. The fraction of sp³-hybridized carbons (Fsp3) is 0.571. The van der Waals surface area contributed by atoms with Crippen molar-refractivity contribution in [1.82, 2.24) is 0 Å². The Morgan fingerprint density at radius 2 is 2.00 bits per heavy atom. The average molecular weight is 221 g/mol. The minimum absolute atomic E-state index is 0.116. The van der Waals surface area contributed by atoms with Gasteiger partial charge in [0.15, 0.2) is 0 Å². The molecule has 2 N–H and O–H groups in total. The van der Waals surface area contributed by atoms with Gasteiger partial charge in [0.05, 0.1) is 0 Å². The zero-order chi connectivity index (χ0) is 12.1. The molecule has 1 rings (SSSR count). The van der Waals surface area contributed by atoms with E-state index in [1.807, 2.05) is 0 Å². The highest BCUT2D eigenvalue weighted by atomic mass is 16.5. The molecule has 2 unspecified atom stereocenters. The third kappa shape index (κ3) is 3.62. The van der Waals surface area contributed by atoms with Crippen molar-refractivity contribution in [3.63, 3.8) is 0 Å². The van der Waals surface area contributed by atoms with Crippen LogP contribution in [0, 0.1) is 19.8 Å². The summed E-state index contributed by atoms with van der Waals surface area (Å²) in [4.78, 5) is 0. The van der Waals surface area contributed by atoms with Crippen molar-refractivity contribution in [2.75, 3.05) is 13.7 Å². The number of ether oxygens (including phenoxy) is 1. The lowest BCUT2D eigenvalue weighted by Gasteiger charge is -2.19. The molecule has 0 aliphatic heterocycles. The largest absolute Gasteiger partial charge is 0.384 e. The maximum atomic E-state index is 6.22. The second-order valence-corrected chi connectivity index (χ2v) is 4.76. The number of nitrogens with two attached hydrogens (primary N) is 1. The second kappa shape index (κ2) is 6.02. The summed E-state index contributed by atoms with van der Waals surface area (Å²) < 4.78 is 5.13. The Hall–Kier alpha value is -0.860. The van der Waals surface area contributed by atoms with Crippen molar-refractivity contribution in [1.29, 1.82) is 0 Å². The molecule has 0 fully saturated rings. The first-order valence-corrected chi connectivity index (χ1v) is 5.86. The van der Waals surface area contributed by atoms with E-state index < -0.39 is 0 Å². The van der Waals surface area contributed by atoms with E-state index in [1.165, 1.54) is 16.7 Å². The van der Waals surface area contributed by atoms with Crippen LogP contribution in [0.1, 0.15) is 36.1 Å². The van der Waals surface area contributed by atoms with Gasteiger partial charge in [-0.1, -0.05) is 30.7 Å². The Balaban J connectivity index is 2.69. The van der Waals surface area contributed by atoms with Gasteiger partial charge in [0.1, 0.15) is 0 Å². The number of hydrogen-bond donors (Lipinski definition) is 1. The number of methoxy groups -OCH3 is 1. The normalized spacial score (nSPS) is 14.8. The maximum Gasteiger partial charge on any atom is 0.0488 e. The molecule has 0 radical (unpaired) electrons. The van der Waals surface area contributed by atoms with E-state index in [1.54, 1.807) is 7.11 Å². The molecule has 1 aromatic rings. The SMILES string of the molecule is COCC(C)CC(N)c1ccc(C)cc1C. The van der Waals surface area contributed by atoms with E-state index in [0.29, 0.717) is 5.92 Å². The molecule has 16 heavy (non-hydrogen) atoms. The van der Waals surface area contributed by atoms with Crippen molar-refractivity contribution in [3.05, 3.63) is 34.9 Å². The van der Waals surface area contributed by atoms with Gasteiger partial charge in [-0.05, 0) is 37.3 Å². The zero-order valence-electron chi connectivity index (χ0n) is 10.8. The van der Waals surface area contributed by atoms with Crippen LogP contribution in [0.2, 0.25) is 0 Å². The average Bonchev–Trinajstić information content (AvgIpc) is 2.17. The Kier molecular flexibility index (Phi) is 4.97. The molecule has 0 saturated carbocycles. The van der Waals surface area contributed by atoms with Crippen molar-refractivity contribution < 1.29 is 4.74 Å². The molecule has 0 aliphatic carbocycles. The van der Waals surface area contributed by atoms with Gasteiger partial charge >= 0.3 is 0 Å². The standard InChI is InChI=1S/C14H23NO/c1-10-5-6-13(12(3)7-10)14(15)8-11(2)9-16-4/h5-7,11,14H,8-9,15H2,1-4H3. The molecule has 90 valence electrons. The van der Waals surface area contributed by atoms with E-state index in [-0.39, 0.29) is 6.04 Å². The number of rotatable bonds is 5. The fourth-order valence-electron chi connectivity index (χ4n) is 2.15. The van der Waals surface area contributed by atoms with E-state index in [9.17, 15) is 0 Å². The summed E-state index contributed by atoms with van der Waals surface area (Å²) in [6.45, 7) is 7.19. The molecular formula is C14H23NO. The lowest BCUT2D eigenvalue weighted by molar-refractivity contribution is 0.152. The molecule has 0 aliphatic rings. The molecule has 2 atom stereocenters. The van der Waals surface area contributed by atoms with Crippen LogP contribution < -0.4 is 5.73 Å². The first kappa shape index (κ1) is 13.2. The van der Waals surface area contributed by atoms with Gasteiger partial charge < -0.3 is 10.5 Å². The number of benzene rings is 1. The van der Waals surface area contributed by atoms with Gasteiger partial charge in [-0.15, -0.1) is 0 Å². The van der Waals surface area contributed by atoms with E-state index in [0.717, 1.165) is 13.0 Å². The minimum atomic E-state index is 0.116. The van der Waals surface area contributed by atoms with E-state index in [4.69, 9.17) is 10.5 Å². The van der Waals surface area contributed by atoms with Crippen LogP contribution in [0.3, 0.4) is 0 Å². The van der Waals surface area contributed by atoms with Gasteiger partial charge in [-0.3, -0.25) is 0 Å². The Bertz CT molecular complexity index is 336. The highest BCUT2D eigenvalue weighted by Gasteiger charge is 2.12. The topological polar surface area (TPSA) is 35.2 Å². The molecule has 0 heterocycles. The van der Waals surface area contributed by atoms with Gasteiger partial charge in [-0.2, -0.15) is 0 Å². The van der Waals surface area contributed by atoms with Gasteiger partial charge in [-0.25, -0.2) is 0 Å². The molecule has 0 amide bonds. The Morgan fingerprint density at radius 3 is 2.56 bits per heavy atom. The Morgan fingerprint density at radius 1 is 1.31 bits per heavy atom. The van der Waals surface area contributed by atoms with Crippen LogP contribution in [0.4, 0.5) is 0 Å². The molecule has 0 spiro atoms. The van der Waals surface area contributed by atoms with Crippen molar-refractivity contribution in [2.45, 2.75) is 33.2 Å².